The van der Waals surface area contributed by atoms with Crippen molar-refractivity contribution in [3.63, 3.8) is 0 Å². The number of nitrogens with one attached hydrogen (secondary N) is 3. The SMILES string of the molecule is O=C1Cc2cc(O)ccc2N1.O=C1Cc2cc(OC[C@@H](O)CN3CCN(c4ccc(Cl)cc4)CC3)ccc2N1.O=C1Cc2cc(OC[C@@H]3CO3)ccc2N1.OCC1CO1. The Hall–Kier alpha value is -5.42. The third-order valence-electron chi connectivity index (χ3n) is 10.0. The Kier molecular flexibility index (Phi) is 13.8. The van der Waals surface area contributed by atoms with Gasteiger partial charge >= 0.3 is 0 Å². The zero-order valence-electron chi connectivity index (χ0n) is 32.4. The van der Waals surface area contributed by atoms with Gasteiger partial charge in [-0.2, -0.15) is 0 Å². The van der Waals surface area contributed by atoms with Crippen LogP contribution < -0.4 is 30.3 Å². The Bertz CT molecular complexity index is 2110. The molecule has 3 fully saturated rings. The number of rotatable bonds is 10. The average molecular weight is 830 g/mol. The molecule has 312 valence electrons. The van der Waals surface area contributed by atoms with Gasteiger partial charge in [0.05, 0.1) is 39.1 Å². The molecule has 1 unspecified atom stereocenters. The number of anilines is 4. The van der Waals surface area contributed by atoms with Gasteiger partial charge in [0.1, 0.15) is 48.8 Å². The van der Waals surface area contributed by atoms with Crippen molar-refractivity contribution in [2.75, 3.05) is 86.6 Å². The lowest BCUT2D eigenvalue weighted by atomic mass is 10.1. The summed E-state index contributed by atoms with van der Waals surface area (Å²) >= 11 is 5.95. The van der Waals surface area contributed by atoms with Gasteiger partial charge in [0.15, 0.2) is 0 Å². The first kappa shape index (κ1) is 41.7. The van der Waals surface area contributed by atoms with Crippen LogP contribution >= 0.6 is 11.6 Å². The number of β-amino-alcohol motifs (C(OH)–C–C–N with tert-alkyl or cyclic N) is 1. The Morgan fingerprint density at radius 2 is 1.20 bits per heavy atom. The van der Waals surface area contributed by atoms with Crippen LogP contribution in [0.25, 0.3) is 0 Å². The van der Waals surface area contributed by atoms with Crippen molar-refractivity contribution in [3.05, 3.63) is 101 Å². The summed E-state index contributed by atoms with van der Waals surface area (Å²) in [5.74, 6) is 1.74. The van der Waals surface area contributed by atoms with Gasteiger partial charge < -0.3 is 55.1 Å². The van der Waals surface area contributed by atoms with Crippen molar-refractivity contribution < 1.29 is 48.7 Å². The number of benzene rings is 4. The number of epoxide rings is 2. The standard InChI is InChI=1S/C21H24ClN3O3.C11H11NO3.C8H7NO2.C3H6O2/c22-16-1-3-17(4-2-16)25-9-7-24(8-10-25)13-18(26)14-28-19-5-6-20-15(11-19)12-21(27)23-20;13-11-4-7-3-8(1-2-10(7)12-11)14-5-9-6-15-9;10-6-1-2-7-5(3-6)4-8(11)9-7;4-1-3-2-5-3/h1-6,11,18,26H,7-10,12-14H2,(H,23,27);1-3,9H,4-6H2,(H,12,13);1-3,10H,4H2,(H,9,11);3-4H,1-2H2/t18-;9-;;/m01../s1. The Morgan fingerprint density at radius 1 is 0.695 bits per heavy atom. The summed E-state index contributed by atoms with van der Waals surface area (Å²) in [6.45, 7) is 6.79. The van der Waals surface area contributed by atoms with Crippen LogP contribution in [0.15, 0.2) is 78.9 Å². The number of aromatic hydroxyl groups is 1. The maximum atomic E-state index is 11.4. The van der Waals surface area contributed by atoms with Crippen molar-refractivity contribution in [2.24, 2.45) is 0 Å². The molecule has 6 aliphatic heterocycles. The van der Waals surface area contributed by atoms with Crippen LogP contribution in [0.1, 0.15) is 16.7 Å². The van der Waals surface area contributed by atoms with Crippen molar-refractivity contribution in [1.29, 1.82) is 0 Å². The summed E-state index contributed by atoms with van der Waals surface area (Å²) in [6.07, 6.45) is 1.10. The molecule has 59 heavy (non-hydrogen) atoms. The number of phenols is 1. The van der Waals surface area contributed by atoms with Crippen molar-refractivity contribution in [3.8, 4) is 17.2 Å². The summed E-state index contributed by atoms with van der Waals surface area (Å²) in [5.41, 5.74) is 6.55. The van der Waals surface area contributed by atoms with Crippen LogP contribution in [0.5, 0.6) is 17.2 Å². The second-order valence-electron chi connectivity index (χ2n) is 14.8. The van der Waals surface area contributed by atoms with Gasteiger partial charge in [-0.25, -0.2) is 0 Å². The first-order chi connectivity index (χ1) is 28.6. The normalized spacial score (nSPS) is 19.7. The number of aliphatic hydroxyl groups excluding tert-OH is 2. The Morgan fingerprint density at radius 3 is 1.71 bits per heavy atom. The monoisotopic (exact) mass is 829 g/mol. The molecule has 3 saturated heterocycles. The number of amides is 3. The molecule has 15 nitrogen and oxygen atoms in total. The first-order valence-electron chi connectivity index (χ1n) is 19.5. The molecule has 6 heterocycles. The minimum absolute atomic E-state index is 0.00456. The number of halogens is 1. The van der Waals surface area contributed by atoms with E-state index in [1.165, 1.54) is 5.69 Å². The van der Waals surface area contributed by atoms with E-state index in [0.29, 0.717) is 38.2 Å². The van der Waals surface area contributed by atoms with E-state index in [-0.39, 0.29) is 48.9 Å². The molecule has 10 rings (SSSR count). The van der Waals surface area contributed by atoms with E-state index >= 15 is 0 Å². The quantitative estimate of drug-likeness (QED) is 0.101. The van der Waals surface area contributed by atoms with Crippen molar-refractivity contribution in [1.82, 2.24) is 4.90 Å². The van der Waals surface area contributed by atoms with E-state index in [2.05, 4.69) is 30.5 Å². The van der Waals surface area contributed by atoms with Gasteiger partial charge in [0, 0.05) is 60.5 Å². The average Bonchev–Trinajstić information content (AvgIpc) is 4.14. The van der Waals surface area contributed by atoms with Crippen molar-refractivity contribution >= 4 is 52.1 Å². The molecule has 4 aromatic rings. The van der Waals surface area contributed by atoms with Crippen LogP contribution in [0.2, 0.25) is 5.02 Å². The molecule has 6 aliphatic rings. The van der Waals surface area contributed by atoms with E-state index < -0.39 is 6.10 Å². The van der Waals surface area contributed by atoms with Gasteiger partial charge in [0.25, 0.3) is 0 Å². The van der Waals surface area contributed by atoms with Crippen LogP contribution in [0.3, 0.4) is 0 Å². The van der Waals surface area contributed by atoms with Crippen LogP contribution in [0.4, 0.5) is 22.7 Å². The zero-order valence-corrected chi connectivity index (χ0v) is 33.2. The molecule has 16 heteroatoms. The molecule has 6 N–H and O–H groups in total. The van der Waals surface area contributed by atoms with Gasteiger partial charge in [0.2, 0.25) is 17.7 Å². The molecule has 3 amide bonds. The number of fused-ring (bicyclic) bond motifs is 3. The Balaban J connectivity index is 0.000000140. The summed E-state index contributed by atoms with van der Waals surface area (Å²) in [5, 5.41) is 36.5. The number of carbonyl (C=O) groups excluding carboxylic acids is 3. The second kappa shape index (κ2) is 19.6. The number of ether oxygens (including phenoxy) is 4. The number of carbonyl (C=O) groups is 3. The highest BCUT2D eigenvalue weighted by atomic mass is 35.5. The van der Waals surface area contributed by atoms with Crippen LogP contribution in [0, 0.1) is 0 Å². The third kappa shape index (κ3) is 12.5. The predicted molar refractivity (Wildman–Crippen MR) is 222 cm³/mol. The van der Waals surface area contributed by atoms with E-state index in [0.717, 1.165) is 83.9 Å². The lowest BCUT2D eigenvalue weighted by Crippen LogP contribution is -2.49. The highest BCUT2D eigenvalue weighted by molar-refractivity contribution is 6.30. The lowest BCUT2D eigenvalue weighted by Gasteiger charge is -2.36. The van der Waals surface area contributed by atoms with Crippen molar-refractivity contribution in [2.45, 2.75) is 37.6 Å². The molecule has 0 spiro atoms. The van der Waals surface area contributed by atoms with Gasteiger partial charge in [-0.15, -0.1) is 0 Å². The minimum atomic E-state index is -0.560. The molecule has 4 aromatic carbocycles. The Labute approximate surface area is 346 Å². The topological polar surface area (TPSA) is 198 Å². The molecule has 0 aromatic heterocycles. The summed E-state index contributed by atoms with van der Waals surface area (Å²) in [4.78, 5) is 37.9. The maximum Gasteiger partial charge on any atom is 0.228 e. The number of aliphatic hydroxyl groups is 2. The first-order valence-corrected chi connectivity index (χ1v) is 19.9. The predicted octanol–water partition coefficient (Wildman–Crippen LogP) is 3.62. The summed E-state index contributed by atoms with van der Waals surface area (Å²) in [6, 6.07) is 24.0. The number of phenolic OH excluding ortho intramolecular Hbond substituents is 1. The molecule has 0 aliphatic carbocycles. The molecular weight excluding hydrogens is 782 g/mol. The molecule has 0 saturated carbocycles. The molecule has 0 bridgehead atoms. The van der Waals surface area contributed by atoms with Crippen LogP contribution in [-0.4, -0.2) is 122 Å². The largest absolute Gasteiger partial charge is 0.508 e. The van der Waals surface area contributed by atoms with Crippen LogP contribution in [-0.2, 0) is 43.1 Å². The van der Waals surface area contributed by atoms with E-state index in [4.69, 9.17) is 36.0 Å². The summed E-state index contributed by atoms with van der Waals surface area (Å²) in [7, 11) is 0. The zero-order chi connectivity index (χ0) is 41.3. The smallest absolute Gasteiger partial charge is 0.228 e. The van der Waals surface area contributed by atoms with E-state index in [9.17, 15) is 19.5 Å². The maximum absolute atomic E-state index is 11.4. The van der Waals surface area contributed by atoms with Gasteiger partial charge in [-0.05, 0) is 95.6 Å². The fraction of sp³-hybridized carbons (Fsp3) is 0.372. The number of nitrogens with zero attached hydrogens (tertiary/aromatic N) is 2. The van der Waals surface area contributed by atoms with Gasteiger partial charge in [-0.1, -0.05) is 11.6 Å². The number of hydrogen-bond acceptors (Lipinski definition) is 12. The lowest BCUT2D eigenvalue weighted by molar-refractivity contribution is -0.115. The van der Waals surface area contributed by atoms with Gasteiger partial charge in [-0.3, -0.25) is 19.3 Å². The molecule has 0 radical (unpaired) electrons. The highest BCUT2D eigenvalue weighted by Crippen LogP contribution is 2.29. The fourth-order valence-electron chi connectivity index (χ4n) is 6.72. The van der Waals surface area contributed by atoms with E-state index in [1.807, 2.05) is 60.7 Å². The van der Waals surface area contributed by atoms with E-state index in [1.54, 1.807) is 18.2 Å². The third-order valence-corrected chi connectivity index (χ3v) is 10.3. The molecular formula is C43H48ClN5O10. The highest BCUT2D eigenvalue weighted by Gasteiger charge is 2.25. The second-order valence-corrected chi connectivity index (χ2v) is 15.2. The number of hydrogen-bond donors (Lipinski definition) is 6. The summed E-state index contributed by atoms with van der Waals surface area (Å²) < 4.78 is 20.9. The fourth-order valence-corrected chi connectivity index (χ4v) is 6.84. The minimum Gasteiger partial charge on any atom is -0.508 e. The number of piperazine rings is 1. The molecule has 3 atom stereocenters.